The van der Waals surface area contributed by atoms with Crippen LogP contribution < -0.4 is 11.1 Å². The summed E-state index contributed by atoms with van der Waals surface area (Å²) in [6, 6.07) is -0.561. The summed E-state index contributed by atoms with van der Waals surface area (Å²) in [6.07, 6.45) is 22.7. The monoisotopic (exact) mass is 482 g/mol. The molecule has 3 aliphatic rings. The second kappa shape index (κ2) is 15.9. The van der Waals surface area contributed by atoms with E-state index in [4.69, 9.17) is 5.73 Å². The molecule has 3 N–H and O–H groups in total. The van der Waals surface area contributed by atoms with Gasteiger partial charge in [-0.3, -0.25) is 5.32 Å². The number of thioether (sulfide) groups is 1. The van der Waals surface area contributed by atoms with Gasteiger partial charge in [-0.2, -0.15) is 0 Å². The molecule has 0 spiro atoms. The number of carbonyl (C=O) groups is 1. The minimum absolute atomic E-state index is 0. The quantitative estimate of drug-likeness (QED) is 0.398. The predicted octanol–water partition coefficient (Wildman–Crippen LogP) is 7.38. The first-order valence-electron chi connectivity index (χ1n) is 12.6. The number of nitrogens with two attached hydrogens (primary N) is 1. The number of aromatic nitrogens is 1. The molecule has 2 heterocycles. The van der Waals surface area contributed by atoms with E-state index in [1.54, 1.807) is 50.1 Å². The van der Waals surface area contributed by atoms with Gasteiger partial charge in [0.25, 0.3) is 0 Å². The van der Waals surface area contributed by atoms with E-state index in [2.05, 4.69) is 15.2 Å². The van der Waals surface area contributed by atoms with Crippen LogP contribution in [0.3, 0.4) is 0 Å². The fraction of sp³-hybridized carbons (Fsp3) is 0.840. The van der Waals surface area contributed by atoms with E-state index in [0.29, 0.717) is 5.13 Å². The minimum Gasteiger partial charge on any atom is -0.351 e. The van der Waals surface area contributed by atoms with E-state index < -0.39 is 6.03 Å². The first kappa shape index (κ1) is 27.5. The molecule has 1 aliphatic heterocycles. The number of piperidine rings is 1. The highest BCUT2D eigenvalue weighted by Gasteiger charge is 2.20. The lowest BCUT2D eigenvalue weighted by Crippen LogP contribution is -2.31. The van der Waals surface area contributed by atoms with Crippen molar-refractivity contribution in [3.63, 3.8) is 0 Å². The van der Waals surface area contributed by atoms with Gasteiger partial charge in [0.05, 0.1) is 10.4 Å². The number of likely N-dealkylation sites (tertiary alicyclic amines) is 1. The van der Waals surface area contributed by atoms with Crippen LogP contribution in [0.4, 0.5) is 9.93 Å². The highest BCUT2D eigenvalue weighted by atomic mass is 32.2. The van der Waals surface area contributed by atoms with E-state index in [9.17, 15) is 4.79 Å². The van der Waals surface area contributed by atoms with Crippen molar-refractivity contribution in [3.8, 4) is 0 Å². The number of urea groups is 1. The molecule has 1 aromatic heterocycles. The third-order valence-corrected chi connectivity index (χ3v) is 9.02. The molecule has 2 aliphatic carbocycles. The summed E-state index contributed by atoms with van der Waals surface area (Å²) in [4.78, 5) is 17.3. The number of nitrogens with zero attached hydrogens (tertiary/aromatic N) is 2. The molecule has 1 saturated heterocycles. The van der Waals surface area contributed by atoms with Crippen LogP contribution in [0.5, 0.6) is 0 Å². The van der Waals surface area contributed by atoms with Gasteiger partial charge < -0.3 is 10.6 Å². The predicted molar refractivity (Wildman–Crippen MR) is 141 cm³/mol. The van der Waals surface area contributed by atoms with Crippen LogP contribution >= 0.6 is 23.1 Å². The number of rotatable bonds is 7. The zero-order chi connectivity index (χ0) is 21.7. The Morgan fingerprint density at radius 2 is 1.56 bits per heavy atom. The van der Waals surface area contributed by atoms with Crippen LogP contribution in [0.25, 0.3) is 0 Å². The lowest BCUT2D eigenvalue weighted by atomic mass is 9.78. The number of amides is 2. The summed E-state index contributed by atoms with van der Waals surface area (Å²) in [5.74, 6) is 3.31. The van der Waals surface area contributed by atoms with Gasteiger partial charge in [-0.1, -0.05) is 89.4 Å². The summed E-state index contributed by atoms with van der Waals surface area (Å²) in [6.45, 7) is 3.59. The van der Waals surface area contributed by atoms with E-state index in [-0.39, 0.29) is 7.43 Å². The Morgan fingerprint density at radius 1 is 1.00 bits per heavy atom. The lowest BCUT2D eigenvalue weighted by molar-refractivity contribution is 0.242. The molecule has 2 saturated carbocycles. The molecule has 7 heteroatoms. The third-order valence-electron chi connectivity index (χ3n) is 6.93. The van der Waals surface area contributed by atoms with Crippen molar-refractivity contribution < 1.29 is 4.79 Å². The highest BCUT2D eigenvalue weighted by Crippen LogP contribution is 2.35. The van der Waals surface area contributed by atoms with Gasteiger partial charge in [-0.25, -0.2) is 9.78 Å². The number of nitrogens with one attached hydrogen (secondary N) is 1. The minimum atomic E-state index is -0.561. The maximum atomic E-state index is 10.7. The Bertz CT molecular complexity index is 605. The number of carbonyl (C=O) groups excluding carboxylic acids is 1. The second-order valence-corrected chi connectivity index (χ2v) is 11.9. The molecule has 3 fully saturated rings. The van der Waals surface area contributed by atoms with E-state index >= 15 is 0 Å². The Balaban J connectivity index is 0.000000230. The molecule has 184 valence electrons. The van der Waals surface area contributed by atoms with Crippen LogP contribution in [0.2, 0.25) is 0 Å². The van der Waals surface area contributed by atoms with Crippen molar-refractivity contribution >= 4 is 34.3 Å². The first-order valence-corrected chi connectivity index (χ1v) is 14.4. The fourth-order valence-electron chi connectivity index (χ4n) is 5.26. The first-order chi connectivity index (χ1) is 15.2. The zero-order valence-corrected chi connectivity index (χ0v) is 20.8. The molecule has 5 nitrogen and oxygen atoms in total. The Morgan fingerprint density at radius 3 is 2.12 bits per heavy atom. The van der Waals surface area contributed by atoms with Crippen LogP contribution in [0, 0.1) is 11.8 Å². The van der Waals surface area contributed by atoms with Crippen molar-refractivity contribution in [2.24, 2.45) is 17.6 Å². The van der Waals surface area contributed by atoms with Crippen molar-refractivity contribution in [2.45, 2.75) is 102 Å². The van der Waals surface area contributed by atoms with Crippen molar-refractivity contribution in [1.29, 1.82) is 0 Å². The summed E-state index contributed by atoms with van der Waals surface area (Å²) >= 11 is 3.25. The van der Waals surface area contributed by atoms with Gasteiger partial charge >= 0.3 is 6.03 Å². The molecule has 0 bridgehead atoms. The number of thiazole rings is 1. The molecule has 1 aromatic rings. The third kappa shape index (κ3) is 10.9. The summed E-state index contributed by atoms with van der Waals surface area (Å²) < 4.78 is 1.12. The lowest BCUT2D eigenvalue weighted by Gasteiger charge is -2.28. The maximum Gasteiger partial charge on any atom is 0.318 e. The van der Waals surface area contributed by atoms with Crippen LogP contribution in [0.15, 0.2) is 10.4 Å². The molecule has 0 aromatic carbocycles. The Hall–Kier alpha value is -0.790. The van der Waals surface area contributed by atoms with E-state index in [1.165, 1.54) is 82.2 Å². The van der Waals surface area contributed by atoms with Crippen molar-refractivity contribution in [3.05, 3.63) is 6.20 Å². The highest BCUT2D eigenvalue weighted by molar-refractivity contribution is 8.01. The standard InChI is InChI=1S/C13H24.C11H18N4OS2.CH4/c1-3-7-12(8-4-1)11-13-9-5-2-6-10-13;12-10(16)14-11-13-8-9(18-11)17-7-6-15-4-2-1-3-5-15;/h12-13H,1-11H2;8H,1-7H2,(H3,12,13,14,16);1H4. The summed E-state index contributed by atoms with van der Waals surface area (Å²) in [5.41, 5.74) is 5.03. The van der Waals surface area contributed by atoms with E-state index in [1.807, 2.05) is 0 Å². The Kier molecular flexibility index (Phi) is 13.7. The topological polar surface area (TPSA) is 71.2 Å². The van der Waals surface area contributed by atoms with E-state index in [0.717, 1.165) is 28.3 Å². The molecular weight excluding hydrogens is 436 g/mol. The smallest absolute Gasteiger partial charge is 0.318 e. The Labute approximate surface area is 204 Å². The van der Waals surface area contributed by atoms with Crippen LogP contribution in [-0.4, -0.2) is 41.3 Å². The summed E-state index contributed by atoms with van der Waals surface area (Å²) in [5, 5.41) is 3.06. The van der Waals surface area contributed by atoms with Crippen LogP contribution in [-0.2, 0) is 0 Å². The maximum absolute atomic E-state index is 10.7. The average molecular weight is 483 g/mol. The zero-order valence-electron chi connectivity index (χ0n) is 19.2. The molecule has 0 atom stereocenters. The van der Waals surface area contributed by atoms with Crippen molar-refractivity contribution in [1.82, 2.24) is 9.88 Å². The number of hydrogen-bond donors (Lipinski definition) is 2. The van der Waals surface area contributed by atoms with Gasteiger partial charge in [0.1, 0.15) is 0 Å². The molecule has 0 unspecified atom stereocenters. The molecule has 0 radical (unpaired) electrons. The second-order valence-electron chi connectivity index (χ2n) is 9.47. The summed E-state index contributed by atoms with van der Waals surface area (Å²) in [7, 11) is 0. The normalized spacial score (nSPS) is 20.6. The van der Waals surface area contributed by atoms with Crippen LogP contribution in [0.1, 0.15) is 97.3 Å². The van der Waals surface area contributed by atoms with Gasteiger partial charge in [-0.15, -0.1) is 11.8 Å². The molecule has 4 rings (SSSR count). The fourth-order valence-corrected chi connectivity index (χ4v) is 7.22. The average Bonchev–Trinajstić information content (AvgIpc) is 3.23. The molecular formula is C25H46N4OS2. The van der Waals surface area contributed by atoms with Gasteiger partial charge in [-0.05, 0) is 44.2 Å². The SMILES string of the molecule is C.C1CCC(CC2CCCCC2)CC1.NC(=O)Nc1ncc(SCCN2CCCCC2)s1. The largest absolute Gasteiger partial charge is 0.351 e. The van der Waals surface area contributed by atoms with Gasteiger partial charge in [0.15, 0.2) is 5.13 Å². The molecule has 32 heavy (non-hydrogen) atoms. The van der Waals surface area contributed by atoms with Gasteiger partial charge in [0, 0.05) is 12.3 Å². The van der Waals surface area contributed by atoms with Gasteiger partial charge in [0.2, 0.25) is 0 Å². The number of anilines is 1. The number of hydrogen-bond acceptors (Lipinski definition) is 5. The van der Waals surface area contributed by atoms with Crippen molar-refractivity contribution in [2.75, 3.05) is 30.7 Å². The number of primary amides is 1. The molecule has 2 amide bonds.